The van der Waals surface area contributed by atoms with Crippen molar-refractivity contribution in [2.24, 2.45) is 0 Å². The Kier molecular flexibility index (Phi) is 7.80. The van der Waals surface area contributed by atoms with Crippen LogP contribution in [0.4, 0.5) is 0 Å². The lowest BCUT2D eigenvalue weighted by atomic mass is 10.1. The molecule has 0 spiro atoms. The minimum Gasteiger partial charge on any atom is -0.309 e. The second-order valence-corrected chi connectivity index (χ2v) is 16.1. The molecule has 9 aromatic carbocycles. The minimum atomic E-state index is 0.613. The molecule has 0 aliphatic rings. The number of benzene rings is 9. The highest BCUT2D eigenvalue weighted by Gasteiger charge is 2.19. The van der Waals surface area contributed by atoms with Crippen molar-refractivity contribution in [1.82, 2.24) is 28.7 Å². The first-order valence-electron chi connectivity index (χ1n) is 21.3. The largest absolute Gasteiger partial charge is 0.309 e. The Labute approximate surface area is 362 Å². The predicted octanol–water partition coefficient (Wildman–Crippen LogP) is 14.2. The molecule has 13 aromatic rings. The highest BCUT2D eigenvalue weighted by atomic mass is 15.0. The molecule has 6 nitrogen and oxygen atoms in total. The van der Waals surface area contributed by atoms with Gasteiger partial charge in [-0.05, 0) is 84.9 Å². The zero-order chi connectivity index (χ0) is 41.4. The van der Waals surface area contributed by atoms with Crippen LogP contribution in [0.25, 0.3) is 117 Å². The first kappa shape index (κ1) is 35.2. The smallest absolute Gasteiger partial charge is 0.164 e. The topological polar surface area (TPSA) is 53.5 Å². The third-order valence-corrected chi connectivity index (χ3v) is 12.5. The number of para-hydroxylation sites is 5. The molecule has 0 bridgehead atoms. The molecule has 0 fully saturated rings. The summed E-state index contributed by atoms with van der Waals surface area (Å²) < 4.78 is 7.08. The van der Waals surface area contributed by atoms with E-state index < -0.39 is 0 Å². The van der Waals surface area contributed by atoms with Crippen LogP contribution in [-0.2, 0) is 0 Å². The van der Waals surface area contributed by atoms with Crippen LogP contribution in [0.1, 0.15) is 0 Å². The van der Waals surface area contributed by atoms with E-state index in [0.29, 0.717) is 17.5 Å². The maximum absolute atomic E-state index is 5.25. The van der Waals surface area contributed by atoms with Crippen molar-refractivity contribution in [3.63, 3.8) is 0 Å². The van der Waals surface area contributed by atoms with Crippen LogP contribution >= 0.6 is 0 Å². The minimum absolute atomic E-state index is 0.613. The average molecular weight is 805 g/mol. The molecule has 6 heteroatoms. The molecule has 0 unspecified atom stereocenters. The van der Waals surface area contributed by atoms with Gasteiger partial charge in [0.25, 0.3) is 0 Å². The monoisotopic (exact) mass is 804 g/mol. The van der Waals surface area contributed by atoms with E-state index in [4.69, 9.17) is 15.0 Å². The lowest BCUT2D eigenvalue weighted by Crippen LogP contribution is -2.01. The van der Waals surface area contributed by atoms with E-state index in [1.165, 1.54) is 38.0 Å². The first-order chi connectivity index (χ1) is 31.2. The van der Waals surface area contributed by atoms with E-state index in [1.807, 2.05) is 18.2 Å². The van der Waals surface area contributed by atoms with Crippen LogP contribution in [0.2, 0.25) is 0 Å². The Bertz CT molecular complexity index is 3860. The second kappa shape index (κ2) is 14.0. The van der Waals surface area contributed by atoms with Gasteiger partial charge < -0.3 is 13.7 Å². The quantitative estimate of drug-likeness (QED) is 0.168. The van der Waals surface area contributed by atoms with Crippen LogP contribution in [0.5, 0.6) is 0 Å². The van der Waals surface area contributed by atoms with Crippen molar-refractivity contribution in [1.29, 1.82) is 0 Å². The Hall–Kier alpha value is -8.61. The molecule has 0 aliphatic heterocycles. The first-order valence-corrected chi connectivity index (χ1v) is 21.3. The highest BCUT2D eigenvalue weighted by molar-refractivity contribution is 6.13. The van der Waals surface area contributed by atoms with Gasteiger partial charge in [0.2, 0.25) is 0 Å². The maximum Gasteiger partial charge on any atom is 0.164 e. The van der Waals surface area contributed by atoms with Gasteiger partial charge in [0, 0.05) is 66.1 Å². The zero-order valence-corrected chi connectivity index (χ0v) is 34.0. The standard InChI is InChI=1S/C57H36N6/c1-3-16-37(17-4-1)55-58-56(60-57(59-55)39-30-32-53-47(35-39)45-24-9-13-28-51(45)61(53)40-19-5-2-6-20-40)38-18-15-21-41(34-38)62-52-29-14-10-25-46(52)48-36-42(31-33-54(48)62)63-49-26-11-7-22-43(49)44-23-8-12-27-50(44)63/h1-36H. The van der Waals surface area contributed by atoms with E-state index in [9.17, 15) is 0 Å². The van der Waals surface area contributed by atoms with Crippen LogP contribution in [0.15, 0.2) is 218 Å². The zero-order valence-electron chi connectivity index (χ0n) is 34.0. The number of nitrogens with zero attached hydrogens (tertiary/aromatic N) is 6. The average Bonchev–Trinajstić information content (AvgIpc) is 4.00. The van der Waals surface area contributed by atoms with Crippen molar-refractivity contribution in [3.8, 4) is 51.2 Å². The van der Waals surface area contributed by atoms with Crippen molar-refractivity contribution in [2.75, 3.05) is 0 Å². The predicted molar refractivity (Wildman–Crippen MR) is 259 cm³/mol. The summed E-state index contributed by atoms with van der Waals surface area (Å²) in [5, 5.41) is 7.20. The van der Waals surface area contributed by atoms with Crippen molar-refractivity contribution in [3.05, 3.63) is 218 Å². The molecular formula is C57H36N6. The molecule has 0 saturated carbocycles. The molecule has 63 heavy (non-hydrogen) atoms. The number of hydrogen-bond acceptors (Lipinski definition) is 3. The molecule has 0 amide bonds. The molecule has 0 radical (unpaired) electrons. The number of hydrogen-bond donors (Lipinski definition) is 0. The van der Waals surface area contributed by atoms with Gasteiger partial charge in [-0.1, -0.05) is 133 Å². The van der Waals surface area contributed by atoms with E-state index >= 15 is 0 Å². The van der Waals surface area contributed by atoms with Crippen molar-refractivity contribution >= 4 is 65.4 Å². The van der Waals surface area contributed by atoms with Gasteiger partial charge in [-0.2, -0.15) is 0 Å². The van der Waals surface area contributed by atoms with Gasteiger partial charge in [-0.25, -0.2) is 15.0 Å². The van der Waals surface area contributed by atoms with Crippen LogP contribution < -0.4 is 0 Å². The summed E-state index contributed by atoms with van der Waals surface area (Å²) in [4.78, 5) is 15.5. The van der Waals surface area contributed by atoms with Gasteiger partial charge in [0.1, 0.15) is 0 Å². The fourth-order valence-electron chi connectivity index (χ4n) is 9.68. The van der Waals surface area contributed by atoms with Crippen LogP contribution in [-0.4, -0.2) is 28.7 Å². The Balaban J connectivity index is 0.972. The molecule has 0 aliphatic carbocycles. The van der Waals surface area contributed by atoms with Gasteiger partial charge in [0.15, 0.2) is 17.5 Å². The number of aromatic nitrogens is 6. The second-order valence-electron chi connectivity index (χ2n) is 16.1. The van der Waals surface area contributed by atoms with Crippen molar-refractivity contribution < 1.29 is 0 Å². The van der Waals surface area contributed by atoms with E-state index in [0.717, 1.165) is 61.2 Å². The Morgan fingerprint density at radius 3 is 1.16 bits per heavy atom. The SMILES string of the molecule is c1ccc(-c2nc(-c3cccc(-n4c5ccccc5c5cc(-n6c7ccccc7c7ccccc76)ccc54)c3)nc(-c3ccc4c(c3)c3ccccc3n4-c3ccccc3)n2)cc1. The fraction of sp³-hybridized carbons (Fsp3) is 0. The summed E-state index contributed by atoms with van der Waals surface area (Å²) in [5.41, 5.74) is 13.0. The third-order valence-electron chi connectivity index (χ3n) is 12.5. The lowest BCUT2D eigenvalue weighted by Gasteiger charge is -2.12. The molecule has 0 N–H and O–H groups in total. The summed E-state index contributed by atoms with van der Waals surface area (Å²) in [6.45, 7) is 0. The van der Waals surface area contributed by atoms with E-state index in [1.54, 1.807) is 0 Å². The molecule has 0 atom stereocenters. The van der Waals surface area contributed by atoms with Crippen LogP contribution in [0, 0.1) is 0 Å². The summed E-state index contributed by atoms with van der Waals surface area (Å²) in [6.07, 6.45) is 0. The molecule has 4 aromatic heterocycles. The van der Waals surface area contributed by atoms with Gasteiger partial charge >= 0.3 is 0 Å². The molecule has 294 valence electrons. The fourth-order valence-corrected chi connectivity index (χ4v) is 9.68. The Morgan fingerprint density at radius 2 is 0.587 bits per heavy atom. The normalized spacial score (nSPS) is 11.8. The lowest BCUT2D eigenvalue weighted by molar-refractivity contribution is 1.07. The molecular weight excluding hydrogens is 769 g/mol. The summed E-state index contributed by atoms with van der Waals surface area (Å²) >= 11 is 0. The summed E-state index contributed by atoms with van der Waals surface area (Å²) in [6, 6.07) is 77.3. The number of rotatable bonds is 6. The Morgan fingerprint density at radius 1 is 0.222 bits per heavy atom. The summed E-state index contributed by atoms with van der Waals surface area (Å²) in [5.74, 6) is 1.86. The highest BCUT2D eigenvalue weighted by Crippen LogP contribution is 2.39. The molecule has 13 rings (SSSR count). The van der Waals surface area contributed by atoms with E-state index in [-0.39, 0.29) is 0 Å². The van der Waals surface area contributed by atoms with Gasteiger partial charge in [-0.15, -0.1) is 0 Å². The third kappa shape index (κ3) is 5.55. The van der Waals surface area contributed by atoms with Gasteiger partial charge in [0.05, 0.1) is 33.1 Å². The summed E-state index contributed by atoms with van der Waals surface area (Å²) in [7, 11) is 0. The van der Waals surface area contributed by atoms with Gasteiger partial charge in [-0.3, -0.25) is 0 Å². The van der Waals surface area contributed by atoms with E-state index in [2.05, 4.69) is 214 Å². The molecule has 0 saturated heterocycles. The van der Waals surface area contributed by atoms with Crippen molar-refractivity contribution in [2.45, 2.75) is 0 Å². The number of fused-ring (bicyclic) bond motifs is 9. The maximum atomic E-state index is 5.25. The van der Waals surface area contributed by atoms with Crippen LogP contribution in [0.3, 0.4) is 0 Å². The molecule has 4 heterocycles.